The molecule has 1 aliphatic heterocycles. The fourth-order valence-corrected chi connectivity index (χ4v) is 3.61. The minimum Gasteiger partial charge on any atom is -0.407 e. The maximum absolute atomic E-state index is 12.4. The van der Waals surface area contributed by atoms with Crippen molar-refractivity contribution in [1.29, 1.82) is 0 Å². The van der Waals surface area contributed by atoms with E-state index in [1.54, 1.807) is 0 Å². The molecule has 10 nitrogen and oxygen atoms in total. The molecular formula is C13H15N5O5S. The quantitative estimate of drug-likeness (QED) is 0.604. The van der Waals surface area contributed by atoms with Gasteiger partial charge in [0.2, 0.25) is 5.89 Å². The molecule has 0 amide bonds. The van der Waals surface area contributed by atoms with E-state index in [1.807, 2.05) is 0 Å². The summed E-state index contributed by atoms with van der Waals surface area (Å²) in [6.07, 6.45) is 1.64. The molecular weight excluding hydrogens is 338 g/mol. The van der Waals surface area contributed by atoms with Crippen molar-refractivity contribution >= 4 is 21.7 Å². The summed E-state index contributed by atoms with van der Waals surface area (Å²) in [5.41, 5.74) is -0.525. The zero-order chi connectivity index (χ0) is 17.2. The second kappa shape index (κ2) is 6.53. The minimum atomic E-state index is -4.21. The fourth-order valence-electron chi connectivity index (χ4n) is 2.51. The molecule has 1 aromatic carbocycles. The predicted octanol–water partition coefficient (Wildman–Crippen LogP) is 1.25. The Morgan fingerprint density at radius 2 is 1.96 bits per heavy atom. The summed E-state index contributed by atoms with van der Waals surface area (Å²) in [7, 11) is -4.21. The van der Waals surface area contributed by atoms with E-state index in [9.17, 15) is 18.5 Å². The van der Waals surface area contributed by atoms with Crippen molar-refractivity contribution in [2.75, 3.05) is 17.8 Å². The fraction of sp³-hybridized carbons (Fsp3) is 0.385. The van der Waals surface area contributed by atoms with Gasteiger partial charge in [-0.1, -0.05) is 17.2 Å². The molecule has 0 atom stereocenters. The summed E-state index contributed by atoms with van der Waals surface area (Å²) >= 11 is 0. The van der Waals surface area contributed by atoms with Crippen LogP contribution in [0.4, 0.5) is 11.7 Å². The zero-order valence-corrected chi connectivity index (χ0v) is 13.3. The Morgan fingerprint density at radius 1 is 1.25 bits per heavy atom. The molecule has 128 valence electrons. The van der Waals surface area contributed by atoms with Gasteiger partial charge >= 0.3 is 6.01 Å². The minimum absolute atomic E-state index is 0.0723. The monoisotopic (exact) mass is 353 g/mol. The number of hydrogen-bond donors (Lipinski definition) is 2. The van der Waals surface area contributed by atoms with Gasteiger partial charge in [-0.05, 0) is 32.0 Å². The molecule has 0 saturated carbocycles. The Balaban J connectivity index is 1.83. The predicted molar refractivity (Wildman–Crippen MR) is 83.0 cm³/mol. The van der Waals surface area contributed by atoms with Crippen LogP contribution in [0.5, 0.6) is 0 Å². The van der Waals surface area contributed by atoms with Gasteiger partial charge in [-0.25, -0.2) is 13.1 Å². The lowest BCUT2D eigenvalue weighted by Crippen LogP contribution is -2.26. The number of nitro benzene ring substituents is 1. The van der Waals surface area contributed by atoms with Gasteiger partial charge in [-0.2, -0.15) is 0 Å². The Morgan fingerprint density at radius 3 is 2.67 bits per heavy atom. The first-order valence-corrected chi connectivity index (χ1v) is 8.76. The second-order valence-electron chi connectivity index (χ2n) is 5.30. The molecule has 1 fully saturated rings. The molecule has 0 aliphatic carbocycles. The number of benzene rings is 1. The van der Waals surface area contributed by atoms with E-state index in [2.05, 4.69) is 20.2 Å². The number of nitro groups is 1. The van der Waals surface area contributed by atoms with Crippen LogP contribution in [0.2, 0.25) is 0 Å². The van der Waals surface area contributed by atoms with Crippen LogP contribution in [-0.4, -0.2) is 36.6 Å². The van der Waals surface area contributed by atoms with Gasteiger partial charge < -0.3 is 9.73 Å². The summed E-state index contributed by atoms with van der Waals surface area (Å²) < 4.78 is 32.2. The Bertz CT molecular complexity index is 844. The Labute approximate surface area is 137 Å². The van der Waals surface area contributed by atoms with Crippen molar-refractivity contribution in [2.24, 2.45) is 0 Å². The van der Waals surface area contributed by atoms with E-state index < -0.39 is 25.5 Å². The Hall–Kier alpha value is -2.53. The van der Waals surface area contributed by atoms with Crippen LogP contribution < -0.4 is 10.0 Å². The maximum atomic E-state index is 12.4. The van der Waals surface area contributed by atoms with Crippen LogP contribution >= 0.6 is 0 Å². The number of piperidine rings is 1. The van der Waals surface area contributed by atoms with E-state index in [4.69, 9.17) is 4.42 Å². The highest BCUT2D eigenvalue weighted by atomic mass is 32.2. The van der Waals surface area contributed by atoms with Crippen LogP contribution in [0, 0.1) is 10.1 Å². The molecule has 0 bridgehead atoms. The molecule has 0 spiro atoms. The summed E-state index contributed by atoms with van der Waals surface area (Å²) in [5.74, 6) is 0.430. The molecule has 3 rings (SSSR count). The van der Waals surface area contributed by atoms with Crippen molar-refractivity contribution in [3.05, 3.63) is 40.3 Å². The van der Waals surface area contributed by atoms with Crippen LogP contribution in [0.25, 0.3) is 0 Å². The molecule has 1 aliphatic rings. The van der Waals surface area contributed by atoms with Gasteiger partial charge in [0.25, 0.3) is 15.7 Å². The normalized spacial score (nSPS) is 16.0. The highest BCUT2D eigenvalue weighted by Gasteiger charge is 2.28. The molecule has 0 radical (unpaired) electrons. The lowest BCUT2D eigenvalue weighted by Gasteiger charge is -2.18. The number of nitrogens with one attached hydrogen (secondary N) is 2. The number of nitrogens with zero attached hydrogens (tertiary/aromatic N) is 3. The standard InChI is InChI=1S/C13H15N5O5S/c19-18(20)10-3-1-2-4-11(10)24(21,22)17-13-16-15-12(23-13)9-5-7-14-8-6-9/h1-4,9,14H,5-8H2,(H,16,17). The van der Waals surface area contributed by atoms with Crippen molar-refractivity contribution < 1.29 is 17.8 Å². The van der Waals surface area contributed by atoms with E-state index in [1.165, 1.54) is 12.1 Å². The molecule has 24 heavy (non-hydrogen) atoms. The first kappa shape index (κ1) is 16.3. The summed E-state index contributed by atoms with van der Waals surface area (Å²) in [6.45, 7) is 1.65. The van der Waals surface area contributed by atoms with E-state index >= 15 is 0 Å². The molecule has 2 aromatic rings. The van der Waals surface area contributed by atoms with Gasteiger partial charge in [0.05, 0.1) is 4.92 Å². The van der Waals surface area contributed by atoms with Crippen molar-refractivity contribution in [3.63, 3.8) is 0 Å². The summed E-state index contributed by atoms with van der Waals surface area (Å²) in [5, 5.41) is 21.7. The van der Waals surface area contributed by atoms with E-state index in [-0.39, 0.29) is 11.9 Å². The highest BCUT2D eigenvalue weighted by Crippen LogP contribution is 2.27. The second-order valence-corrected chi connectivity index (χ2v) is 6.95. The highest BCUT2D eigenvalue weighted by molar-refractivity contribution is 7.92. The first-order valence-electron chi connectivity index (χ1n) is 7.28. The van der Waals surface area contributed by atoms with Gasteiger partial charge in [0.15, 0.2) is 4.90 Å². The number of para-hydroxylation sites is 1. The van der Waals surface area contributed by atoms with Crippen LogP contribution in [-0.2, 0) is 10.0 Å². The van der Waals surface area contributed by atoms with Crippen molar-refractivity contribution in [3.8, 4) is 0 Å². The Kier molecular flexibility index (Phi) is 4.44. The van der Waals surface area contributed by atoms with Gasteiger partial charge in [0, 0.05) is 12.0 Å². The van der Waals surface area contributed by atoms with Gasteiger partial charge in [-0.15, -0.1) is 5.10 Å². The van der Waals surface area contributed by atoms with Gasteiger partial charge in [0.1, 0.15) is 0 Å². The molecule has 0 unspecified atom stereocenters. The van der Waals surface area contributed by atoms with Crippen LogP contribution in [0.1, 0.15) is 24.7 Å². The lowest BCUT2D eigenvalue weighted by atomic mass is 9.98. The van der Waals surface area contributed by atoms with E-state index in [0.717, 1.165) is 38.1 Å². The molecule has 2 heterocycles. The number of rotatable bonds is 5. The average molecular weight is 353 g/mol. The maximum Gasteiger partial charge on any atom is 0.329 e. The number of sulfonamides is 1. The first-order chi connectivity index (χ1) is 11.5. The van der Waals surface area contributed by atoms with Crippen molar-refractivity contribution in [2.45, 2.75) is 23.7 Å². The SMILES string of the molecule is O=[N+]([O-])c1ccccc1S(=O)(=O)Nc1nnc(C2CCNCC2)o1. The van der Waals surface area contributed by atoms with Crippen LogP contribution in [0.15, 0.2) is 33.6 Å². The molecule has 2 N–H and O–H groups in total. The number of anilines is 1. The largest absolute Gasteiger partial charge is 0.407 e. The third kappa shape index (κ3) is 3.36. The summed E-state index contributed by atoms with van der Waals surface area (Å²) in [6, 6.07) is 4.74. The van der Waals surface area contributed by atoms with Gasteiger partial charge in [-0.3, -0.25) is 10.1 Å². The lowest BCUT2D eigenvalue weighted by molar-refractivity contribution is -0.387. The number of aromatic nitrogens is 2. The summed E-state index contributed by atoms with van der Waals surface area (Å²) in [4.78, 5) is 9.76. The smallest absolute Gasteiger partial charge is 0.329 e. The van der Waals surface area contributed by atoms with E-state index in [0.29, 0.717) is 5.89 Å². The molecule has 11 heteroatoms. The third-order valence-electron chi connectivity index (χ3n) is 3.70. The average Bonchev–Trinajstić information content (AvgIpc) is 3.03. The molecule has 1 saturated heterocycles. The zero-order valence-electron chi connectivity index (χ0n) is 12.5. The topological polar surface area (TPSA) is 140 Å². The third-order valence-corrected chi connectivity index (χ3v) is 5.07. The molecule has 1 aromatic heterocycles. The number of hydrogen-bond acceptors (Lipinski definition) is 8. The van der Waals surface area contributed by atoms with Crippen LogP contribution in [0.3, 0.4) is 0 Å². The van der Waals surface area contributed by atoms with Crippen molar-refractivity contribution in [1.82, 2.24) is 15.5 Å².